The van der Waals surface area contributed by atoms with Crippen molar-refractivity contribution in [3.8, 4) is 11.5 Å². The van der Waals surface area contributed by atoms with Gasteiger partial charge >= 0.3 is 16.8 Å². The van der Waals surface area contributed by atoms with Gasteiger partial charge in [0.15, 0.2) is 0 Å². The number of rotatable bonds is 6. The average Bonchev–Trinajstić information content (AvgIpc) is 3.47. The van der Waals surface area contributed by atoms with Crippen LogP contribution < -0.4 is 20.6 Å². The number of carbonyl (C=O) groups excluding carboxylic acids is 2. The van der Waals surface area contributed by atoms with Crippen LogP contribution in [0, 0.1) is 5.92 Å². The van der Waals surface area contributed by atoms with Crippen LogP contribution in [0.15, 0.2) is 34.3 Å². The Kier molecular flexibility index (Phi) is 15.2. The summed E-state index contributed by atoms with van der Waals surface area (Å²) in [6, 6.07) is 8.85. The van der Waals surface area contributed by atoms with E-state index in [0.29, 0.717) is 17.4 Å². The van der Waals surface area contributed by atoms with Gasteiger partial charge in [0.05, 0.1) is 27.7 Å². The van der Waals surface area contributed by atoms with Crippen molar-refractivity contribution in [2.75, 3.05) is 0 Å². The SMILES string of the molecule is CC(=O)[O-].CC(=O)[O-].CC(C)(C)c1cc([Si](C)(C)C)cc(C=NC2CC3CCC2(N=Cc2cc([Si](C)(C)C)cc(C(C)(C)C)c2O)C3)c1O.[Co+2]. The van der Waals surface area contributed by atoms with Gasteiger partial charge in [-0.15, -0.1) is 0 Å². The summed E-state index contributed by atoms with van der Waals surface area (Å²) in [6.45, 7) is 29.0. The normalized spacial score (nSPS) is 20.5. The van der Waals surface area contributed by atoms with Crippen molar-refractivity contribution in [3.05, 3.63) is 46.5 Å². The number of carbonyl (C=O) groups is 2. The van der Waals surface area contributed by atoms with Gasteiger partial charge in [0.25, 0.3) is 0 Å². The predicted octanol–water partition coefficient (Wildman–Crippen LogP) is 5.14. The third-order valence-corrected chi connectivity index (χ3v) is 13.3. The van der Waals surface area contributed by atoms with E-state index in [0.717, 1.165) is 55.4 Å². The van der Waals surface area contributed by atoms with Crippen LogP contribution >= 0.6 is 0 Å². The summed E-state index contributed by atoms with van der Waals surface area (Å²) in [4.78, 5) is 28.2. The van der Waals surface area contributed by atoms with E-state index in [9.17, 15) is 10.2 Å². The van der Waals surface area contributed by atoms with Gasteiger partial charge in [-0.2, -0.15) is 0 Å². The quantitative estimate of drug-likeness (QED) is 0.308. The molecule has 4 rings (SSSR count). The summed E-state index contributed by atoms with van der Waals surface area (Å²) in [6.07, 6.45) is 8.15. The summed E-state index contributed by atoms with van der Waals surface area (Å²) in [7, 11) is -3.20. The molecule has 2 aromatic rings. The molecular weight excluding hydrogens is 708 g/mol. The van der Waals surface area contributed by atoms with Crippen LogP contribution in [0.3, 0.4) is 0 Å². The van der Waals surface area contributed by atoms with Crippen molar-refractivity contribution >= 4 is 50.9 Å². The minimum Gasteiger partial charge on any atom is -0.550 e. The maximum Gasteiger partial charge on any atom is 2.00 e. The van der Waals surface area contributed by atoms with Crippen LogP contribution in [0.1, 0.15) is 103 Å². The standard InChI is InChI=1S/C35H54N2O2Si2.2C2H4O2.Co/c1-33(2,3)28-18-26(40(7,8)9)16-24(31(28)38)21-36-30-15-23-13-14-35(30,20-23)37-22-25-17-27(41(10,11)12)19-29(32(25)39)34(4,5)6;2*1-2(3)4;/h16-19,21-23,30,38-39H,13-15,20H2,1-12H3;2*1H3,(H,3,4);/q;;;+2/p-2. The van der Waals surface area contributed by atoms with E-state index in [1.165, 1.54) is 16.8 Å². The fourth-order valence-corrected chi connectivity index (χ4v) is 8.82. The molecule has 8 nitrogen and oxygen atoms in total. The number of benzene rings is 2. The van der Waals surface area contributed by atoms with Gasteiger partial charge in [-0.1, -0.05) is 115 Å². The van der Waals surface area contributed by atoms with Gasteiger partial charge in [0.1, 0.15) is 11.5 Å². The van der Waals surface area contributed by atoms with Crippen LogP contribution in [0.2, 0.25) is 39.3 Å². The number of phenolic OH excluding ortho intramolecular Hbond substituents is 2. The Morgan fingerprint density at radius 3 is 1.50 bits per heavy atom. The van der Waals surface area contributed by atoms with Crippen molar-refractivity contribution in [1.29, 1.82) is 0 Å². The monoisotopic (exact) mass is 767 g/mol. The Morgan fingerprint density at radius 2 is 1.16 bits per heavy atom. The number of carboxylic acid groups (broad SMARTS) is 2. The Bertz CT molecular complexity index is 1560. The molecule has 2 saturated carbocycles. The van der Waals surface area contributed by atoms with Gasteiger partial charge in [0.2, 0.25) is 0 Å². The molecule has 3 atom stereocenters. The van der Waals surface area contributed by atoms with Crippen molar-refractivity contribution in [3.63, 3.8) is 0 Å². The third-order valence-electron chi connectivity index (χ3n) is 9.29. The molecule has 2 aromatic carbocycles. The Morgan fingerprint density at radius 1 is 0.780 bits per heavy atom. The van der Waals surface area contributed by atoms with E-state index >= 15 is 0 Å². The maximum absolute atomic E-state index is 11.4. The second-order valence-electron chi connectivity index (χ2n) is 17.9. The van der Waals surface area contributed by atoms with E-state index < -0.39 is 28.1 Å². The average molecular weight is 768 g/mol. The first-order valence-corrected chi connectivity index (χ1v) is 24.3. The van der Waals surface area contributed by atoms with Crippen molar-refractivity contribution in [1.82, 2.24) is 0 Å². The number of fused-ring (bicyclic) bond motifs is 2. The van der Waals surface area contributed by atoms with Crippen LogP contribution in [-0.2, 0) is 37.2 Å². The Labute approximate surface area is 313 Å². The van der Waals surface area contributed by atoms with Gasteiger partial charge in [-0.05, 0) is 67.4 Å². The Hall–Kier alpha value is -2.74. The Balaban J connectivity index is 0.00000125. The molecule has 0 saturated heterocycles. The minimum atomic E-state index is -1.60. The van der Waals surface area contributed by atoms with E-state index in [4.69, 9.17) is 29.8 Å². The molecule has 2 aliphatic carbocycles. The summed E-state index contributed by atoms with van der Waals surface area (Å²) < 4.78 is 0. The fourth-order valence-electron chi connectivity index (χ4n) is 6.49. The number of hydrogen-bond donors (Lipinski definition) is 2. The number of phenols is 2. The number of nitrogens with zero attached hydrogens (tertiary/aromatic N) is 2. The van der Waals surface area contributed by atoms with Crippen LogP contribution in [0.25, 0.3) is 0 Å². The molecule has 0 aliphatic heterocycles. The molecule has 2 fully saturated rings. The molecule has 0 amide bonds. The number of hydrogen-bond acceptors (Lipinski definition) is 8. The number of carboxylic acids is 2. The first kappa shape index (κ1) is 45.3. The maximum atomic E-state index is 11.4. The zero-order valence-electron chi connectivity index (χ0n) is 32.7. The van der Waals surface area contributed by atoms with Crippen molar-refractivity contribution in [2.45, 2.75) is 143 Å². The molecule has 0 spiro atoms. The van der Waals surface area contributed by atoms with Crippen LogP contribution in [-0.4, -0.2) is 62.3 Å². The first-order valence-electron chi connectivity index (χ1n) is 17.3. The third kappa shape index (κ3) is 12.2. The predicted molar refractivity (Wildman–Crippen MR) is 205 cm³/mol. The summed E-state index contributed by atoms with van der Waals surface area (Å²) in [5.41, 5.74) is 3.09. The molecule has 11 heteroatoms. The van der Waals surface area contributed by atoms with Crippen molar-refractivity contribution in [2.24, 2.45) is 15.9 Å². The molecule has 3 unspecified atom stereocenters. The van der Waals surface area contributed by atoms with E-state index in [1.807, 2.05) is 12.4 Å². The molecule has 50 heavy (non-hydrogen) atoms. The topological polar surface area (TPSA) is 145 Å². The van der Waals surface area contributed by atoms with Crippen LogP contribution in [0.4, 0.5) is 0 Å². The molecule has 2 bridgehead atoms. The van der Waals surface area contributed by atoms with Gasteiger partial charge < -0.3 is 30.0 Å². The minimum absolute atomic E-state index is 0. The largest absolute Gasteiger partial charge is 2.00 e. The number of aliphatic carboxylic acids is 2. The molecule has 0 heterocycles. The first-order chi connectivity index (χ1) is 22.1. The molecule has 2 N–H and O–H groups in total. The zero-order chi connectivity index (χ0) is 37.9. The molecule has 2 aliphatic rings. The van der Waals surface area contributed by atoms with Crippen molar-refractivity contribution < 1.29 is 46.8 Å². The molecule has 279 valence electrons. The summed E-state index contributed by atoms with van der Waals surface area (Å²) in [5.74, 6) is -0.824. The number of aliphatic imine (C=N–C) groups is 2. The smallest absolute Gasteiger partial charge is 0.550 e. The fraction of sp³-hybridized carbons (Fsp3) is 0.590. The van der Waals surface area contributed by atoms with Crippen LogP contribution in [0.5, 0.6) is 11.5 Å². The van der Waals surface area contributed by atoms with Gasteiger partial charge in [-0.3, -0.25) is 9.98 Å². The summed E-state index contributed by atoms with van der Waals surface area (Å²) in [5, 5.41) is 43.1. The molecular formula is C39H60CoN2O6Si2. The zero-order valence-corrected chi connectivity index (χ0v) is 35.7. The number of aromatic hydroxyl groups is 2. The van der Waals surface area contributed by atoms with E-state index in [-0.39, 0.29) is 39.2 Å². The second-order valence-corrected chi connectivity index (χ2v) is 28.1. The molecule has 0 aromatic heterocycles. The van der Waals surface area contributed by atoms with Gasteiger partial charge in [-0.25, -0.2) is 0 Å². The molecule has 1 radical (unpaired) electrons. The second kappa shape index (κ2) is 16.7. The summed E-state index contributed by atoms with van der Waals surface area (Å²) >= 11 is 0. The van der Waals surface area contributed by atoms with E-state index in [1.54, 1.807) is 0 Å². The van der Waals surface area contributed by atoms with Gasteiger partial charge in [0, 0.05) is 35.5 Å². The van der Waals surface area contributed by atoms with E-state index in [2.05, 4.69) is 105 Å².